The average Bonchev–Trinajstić information content (AvgIpc) is 3.56. The fourth-order valence-corrected chi connectivity index (χ4v) is 8.91. The second-order valence-corrected chi connectivity index (χ2v) is 12.8. The van der Waals surface area contributed by atoms with Crippen LogP contribution >= 0.6 is 0 Å². The molecule has 2 aliphatic rings. The average molecular weight is 551 g/mol. The van der Waals surface area contributed by atoms with Gasteiger partial charge in [0.25, 0.3) is 0 Å². The van der Waals surface area contributed by atoms with Crippen LogP contribution in [0.2, 0.25) is 0 Å². The van der Waals surface area contributed by atoms with Crippen LogP contribution in [0, 0.1) is 0 Å². The first-order valence-corrected chi connectivity index (χ1v) is 15.5. The molecule has 0 atom stereocenters. The monoisotopic (exact) mass is 550 g/mol. The molecule has 0 saturated carbocycles. The van der Waals surface area contributed by atoms with Gasteiger partial charge in [-0.2, -0.15) is 0 Å². The van der Waals surface area contributed by atoms with Gasteiger partial charge in [-0.25, -0.2) is 0 Å². The quantitative estimate of drug-likeness (QED) is 0.130. The van der Waals surface area contributed by atoms with Gasteiger partial charge in [0.05, 0.1) is 0 Å². The minimum atomic E-state index is 1.30. The second kappa shape index (κ2) is 7.25. The highest BCUT2D eigenvalue weighted by Crippen LogP contribution is 2.56. The van der Waals surface area contributed by atoms with Crippen molar-refractivity contribution in [1.29, 1.82) is 0 Å². The molecule has 12 rings (SSSR count). The fraction of sp³-hybridized carbons (Fsp3) is 0. The Morgan fingerprint density at radius 2 is 0.500 bits per heavy atom. The first kappa shape index (κ1) is 21.9. The van der Waals surface area contributed by atoms with Gasteiger partial charge in [-0.3, -0.25) is 0 Å². The zero-order chi connectivity index (χ0) is 28.3. The van der Waals surface area contributed by atoms with Gasteiger partial charge in [0.1, 0.15) is 0 Å². The van der Waals surface area contributed by atoms with Crippen molar-refractivity contribution in [3.8, 4) is 44.5 Å². The molecule has 10 aromatic carbocycles. The van der Waals surface area contributed by atoms with Gasteiger partial charge in [0.15, 0.2) is 0 Å². The predicted octanol–water partition coefficient (Wildman–Crippen LogP) is 12.5. The highest BCUT2D eigenvalue weighted by atomic mass is 14.3. The van der Waals surface area contributed by atoms with Crippen molar-refractivity contribution < 1.29 is 0 Å². The van der Waals surface area contributed by atoms with Gasteiger partial charge in [0, 0.05) is 0 Å². The van der Waals surface area contributed by atoms with Gasteiger partial charge in [-0.15, -0.1) is 0 Å². The SMILES string of the molecule is c1ccc2cc3c(cc2c1)-c1ccc2c4ccc5c6c(ccc(c7ccc-3c1c27)c64)-c1cc2cc3ccccc3cc2cc1-5. The summed E-state index contributed by atoms with van der Waals surface area (Å²) in [6.07, 6.45) is 0. The summed E-state index contributed by atoms with van der Waals surface area (Å²) in [5, 5.41) is 18.9. The normalized spacial score (nSPS) is 13.0. The van der Waals surface area contributed by atoms with Crippen molar-refractivity contribution >= 4 is 75.4 Å². The van der Waals surface area contributed by atoms with E-state index in [1.54, 1.807) is 0 Å². The van der Waals surface area contributed by atoms with E-state index in [9.17, 15) is 0 Å². The summed E-state index contributed by atoms with van der Waals surface area (Å²) >= 11 is 0. The van der Waals surface area contributed by atoms with Crippen LogP contribution in [0.1, 0.15) is 0 Å². The van der Waals surface area contributed by atoms with Crippen LogP contribution in [0.25, 0.3) is 120 Å². The lowest BCUT2D eigenvalue weighted by molar-refractivity contribution is 1.73. The molecule has 0 fully saturated rings. The van der Waals surface area contributed by atoms with E-state index < -0.39 is 0 Å². The highest BCUT2D eigenvalue weighted by Gasteiger charge is 2.28. The summed E-state index contributed by atoms with van der Waals surface area (Å²) in [5.41, 5.74) is 10.9. The molecule has 0 aliphatic heterocycles. The molecule has 0 aromatic heterocycles. The van der Waals surface area contributed by atoms with Crippen LogP contribution < -0.4 is 0 Å². The molecule has 0 unspecified atom stereocenters. The zero-order valence-electron chi connectivity index (χ0n) is 23.7. The molecule has 10 aromatic rings. The Bertz CT molecular complexity index is 2780. The lowest BCUT2D eigenvalue weighted by Gasteiger charge is -2.16. The van der Waals surface area contributed by atoms with Gasteiger partial charge >= 0.3 is 0 Å². The standard InChI is InChI=1S/C44H22/c1-2-6-24-18-28-22-40-36-16-12-32-30-10-14-34-38-20-26-8-4-3-7-25(26)19-37(38)33-13-9-29(41(30)43(33)34)31-11-15-35(44(36)42(31)32)39(40)21-27(28)17-23(24)5-1/h1-22H. The Kier molecular flexibility index (Phi) is 3.61. The number of hydrogen-bond acceptors (Lipinski definition) is 0. The number of fused-ring (bicyclic) bond motifs is 11. The molecule has 0 heterocycles. The third kappa shape index (κ3) is 2.43. The van der Waals surface area contributed by atoms with Crippen molar-refractivity contribution in [2.45, 2.75) is 0 Å². The molecule has 0 N–H and O–H groups in total. The Morgan fingerprint density at radius 3 is 0.841 bits per heavy atom. The molecule has 0 spiro atoms. The van der Waals surface area contributed by atoms with Gasteiger partial charge in [0.2, 0.25) is 0 Å². The van der Waals surface area contributed by atoms with Crippen molar-refractivity contribution in [2.24, 2.45) is 0 Å². The lowest BCUT2D eigenvalue weighted by atomic mass is 9.86. The summed E-state index contributed by atoms with van der Waals surface area (Å²) in [7, 11) is 0. The maximum atomic E-state index is 2.42. The molecule has 2 aliphatic carbocycles. The van der Waals surface area contributed by atoms with E-state index in [1.165, 1.54) is 120 Å². The summed E-state index contributed by atoms with van der Waals surface area (Å²) < 4.78 is 0. The highest BCUT2D eigenvalue weighted by molar-refractivity contribution is 6.40. The van der Waals surface area contributed by atoms with E-state index in [2.05, 4.69) is 133 Å². The largest absolute Gasteiger partial charge is 0.0616 e. The third-order valence-electron chi connectivity index (χ3n) is 10.8. The molecule has 0 nitrogen and oxygen atoms in total. The lowest BCUT2D eigenvalue weighted by Crippen LogP contribution is -1.88. The van der Waals surface area contributed by atoms with Crippen molar-refractivity contribution in [1.82, 2.24) is 0 Å². The van der Waals surface area contributed by atoms with Crippen LogP contribution in [0.5, 0.6) is 0 Å². The van der Waals surface area contributed by atoms with E-state index in [0.717, 1.165) is 0 Å². The van der Waals surface area contributed by atoms with Crippen LogP contribution in [0.15, 0.2) is 133 Å². The topological polar surface area (TPSA) is 0 Å². The van der Waals surface area contributed by atoms with Crippen LogP contribution in [0.3, 0.4) is 0 Å². The molecule has 0 bridgehead atoms. The predicted molar refractivity (Wildman–Crippen MR) is 189 cm³/mol. The molecule has 0 heteroatoms. The Hall–Kier alpha value is -5.72. The van der Waals surface area contributed by atoms with E-state index >= 15 is 0 Å². The van der Waals surface area contributed by atoms with Gasteiger partial charge < -0.3 is 0 Å². The maximum Gasteiger partial charge on any atom is -0.00139 e. The minimum Gasteiger partial charge on any atom is -0.0616 e. The Labute approximate surface area is 252 Å². The van der Waals surface area contributed by atoms with Crippen molar-refractivity contribution in [2.75, 3.05) is 0 Å². The van der Waals surface area contributed by atoms with E-state index in [-0.39, 0.29) is 0 Å². The van der Waals surface area contributed by atoms with Gasteiger partial charge in [-0.1, -0.05) is 97.1 Å². The smallest absolute Gasteiger partial charge is 0.00139 e. The summed E-state index contributed by atoms with van der Waals surface area (Å²) in [4.78, 5) is 0. The number of hydrogen-bond donors (Lipinski definition) is 0. The first-order valence-electron chi connectivity index (χ1n) is 15.5. The zero-order valence-corrected chi connectivity index (χ0v) is 23.7. The molecule has 198 valence electrons. The number of benzene rings is 10. The third-order valence-corrected chi connectivity index (χ3v) is 10.8. The molecular formula is C44H22. The van der Waals surface area contributed by atoms with Crippen molar-refractivity contribution in [3.63, 3.8) is 0 Å². The molecule has 0 saturated heterocycles. The summed E-state index contributed by atoms with van der Waals surface area (Å²) in [5.74, 6) is 0. The first-order chi connectivity index (χ1) is 21.8. The van der Waals surface area contributed by atoms with Crippen LogP contribution in [0.4, 0.5) is 0 Å². The maximum absolute atomic E-state index is 2.42. The molecule has 44 heavy (non-hydrogen) atoms. The minimum absolute atomic E-state index is 1.30. The molecular weight excluding hydrogens is 528 g/mol. The summed E-state index contributed by atoms with van der Waals surface area (Å²) in [6.45, 7) is 0. The van der Waals surface area contributed by atoms with Gasteiger partial charge in [-0.05, 0) is 156 Å². The van der Waals surface area contributed by atoms with Crippen LogP contribution in [-0.4, -0.2) is 0 Å². The Balaban J connectivity index is 1.19. The summed E-state index contributed by atoms with van der Waals surface area (Å²) in [6, 6.07) is 50.9. The van der Waals surface area contributed by atoms with Crippen molar-refractivity contribution in [3.05, 3.63) is 133 Å². The molecule has 0 amide bonds. The van der Waals surface area contributed by atoms with E-state index in [4.69, 9.17) is 0 Å². The molecule has 0 radical (unpaired) electrons. The Morgan fingerprint density at radius 1 is 0.205 bits per heavy atom. The van der Waals surface area contributed by atoms with E-state index in [0.29, 0.717) is 0 Å². The van der Waals surface area contributed by atoms with E-state index in [1.807, 2.05) is 0 Å². The fourth-order valence-electron chi connectivity index (χ4n) is 8.91. The number of rotatable bonds is 0. The van der Waals surface area contributed by atoms with Crippen LogP contribution in [-0.2, 0) is 0 Å². The second-order valence-electron chi connectivity index (χ2n) is 12.8.